The van der Waals surface area contributed by atoms with Gasteiger partial charge in [0.05, 0.1) is 22.8 Å². The van der Waals surface area contributed by atoms with Gasteiger partial charge < -0.3 is 19.5 Å². The maximum absolute atomic E-state index is 14.5. The Morgan fingerprint density at radius 2 is 1.92 bits per heavy atom. The first kappa shape index (κ1) is 16.3. The lowest BCUT2D eigenvalue weighted by Crippen LogP contribution is -2.48. The number of rotatable bonds is 2. The molecule has 1 aliphatic rings. The van der Waals surface area contributed by atoms with E-state index in [-0.39, 0.29) is 0 Å². The van der Waals surface area contributed by atoms with E-state index in [4.69, 9.17) is 5.11 Å². The molecule has 0 radical (unpaired) electrons. The van der Waals surface area contributed by atoms with Crippen LogP contribution >= 0.6 is 0 Å². The number of aromatic nitrogens is 3. The fourth-order valence-corrected chi connectivity index (χ4v) is 3.29. The second-order valence-corrected chi connectivity index (χ2v) is 6.26. The molecule has 1 amide bonds. The Kier molecular flexibility index (Phi) is 3.95. The van der Waals surface area contributed by atoms with E-state index in [9.17, 15) is 9.18 Å². The van der Waals surface area contributed by atoms with E-state index in [0.717, 1.165) is 11.0 Å². The second kappa shape index (κ2) is 6.29. The van der Waals surface area contributed by atoms with Gasteiger partial charge in [-0.2, -0.15) is 0 Å². The Balaban J connectivity index is 1.69. The van der Waals surface area contributed by atoms with E-state index >= 15 is 0 Å². The average molecular weight is 355 g/mol. The van der Waals surface area contributed by atoms with Crippen LogP contribution in [0.25, 0.3) is 22.4 Å². The average Bonchev–Trinajstić information content (AvgIpc) is 2.99. The minimum Gasteiger partial charge on any atom is -0.465 e. The summed E-state index contributed by atoms with van der Waals surface area (Å²) in [7, 11) is 1.86. The molecule has 0 saturated carbocycles. The number of para-hydroxylation sites is 2. The molecule has 26 heavy (non-hydrogen) atoms. The molecule has 8 heteroatoms. The molecule has 1 fully saturated rings. The van der Waals surface area contributed by atoms with Crippen LogP contribution in [0.4, 0.5) is 15.0 Å². The van der Waals surface area contributed by atoms with Gasteiger partial charge in [0.15, 0.2) is 5.82 Å². The molecule has 1 aromatic carbocycles. The number of hydrogen-bond acceptors (Lipinski definition) is 4. The van der Waals surface area contributed by atoms with Gasteiger partial charge in [-0.1, -0.05) is 12.1 Å². The number of benzene rings is 1. The van der Waals surface area contributed by atoms with Crippen LogP contribution < -0.4 is 4.90 Å². The second-order valence-electron chi connectivity index (χ2n) is 6.26. The maximum Gasteiger partial charge on any atom is 0.407 e. The first-order valence-electron chi connectivity index (χ1n) is 8.35. The van der Waals surface area contributed by atoms with Gasteiger partial charge >= 0.3 is 6.09 Å². The molecular weight excluding hydrogens is 337 g/mol. The molecular formula is C18H18FN5O2. The Morgan fingerprint density at radius 3 is 2.62 bits per heavy atom. The van der Waals surface area contributed by atoms with Crippen molar-refractivity contribution in [3.8, 4) is 11.4 Å². The summed E-state index contributed by atoms with van der Waals surface area (Å²) in [5.74, 6) is 0.728. The predicted octanol–water partition coefficient (Wildman–Crippen LogP) is 2.57. The third-order valence-corrected chi connectivity index (χ3v) is 4.74. The molecule has 1 aliphatic heterocycles. The van der Waals surface area contributed by atoms with Crippen molar-refractivity contribution in [3.63, 3.8) is 0 Å². The van der Waals surface area contributed by atoms with Crippen molar-refractivity contribution >= 4 is 22.9 Å². The number of nitrogens with zero attached hydrogens (tertiary/aromatic N) is 5. The molecule has 7 nitrogen and oxygen atoms in total. The number of fused-ring (bicyclic) bond motifs is 1. The quantitative estimate of drug-likeness (QED) is 0.765. The molecule has 0 bridgehead atoms. The number of anilines is 1. The molecule has 2 aromatic heterocycles. The van der Waals surface area contributed by atoms with Crippen LogP contribution in [0.3, 0.4) is 0 Å². The van der Waals surface area contributed by atoms with Crippen molar-refractivity contribution < 1.29 is 14.3 Å². The number of halogens is 1. The number of pyridine rings is 1. The molecule has 3 aromatic rings. The number of carboxylic acid groups (broad SMARTS) is 1. The highest BCUT2D eigenvalue weighted by molar-refractivity contribution is 5.81. The van der Waals surface area contributed by atoms with E-state index in [0.29, 0.717) is 43.4 Å². The lowest BCUT2D eigenvalue weighted by molar-refractivity contribution is 0.142. The van der Waals surface area contributed by atoms with Crippen LogP contribution in [-0.4, -0.2) is 56.8 Å². The lowest BCUT2D eigenvalue weighted by atomic mass is 10.2. The standard InChI is InChI=1S/C18H18FN5O2/c1-22-15-5-3-2-4-14(15)21-17(22)12-10-16(20-11-13(12)19)23-6-8-24(9-7-23)18(25)26/h2-5,10-11H,6-9H2,1H3,(H,25,26). The summed E-state index contributed by atoms with van der Waals surface area (Å²) in [6, 6.07) is 9.34. The van der Waals surface area contributed by atoms with Crippen molar-refractivity contribution in [2.75, 3.05) is 31.1 Å². The number of aryl methyl sites for hydroxylation is 1. The number of amides is 1. The van der Waals surface area contributed by atoms with Crippen LogP contribution in [0.15, 0.2) is 36.5 Å². The van der Waals surface area contributed by atoms with E-state index in [2.05, 4.69) is 9.97 Å². The van der Waals surface area contributed by atoms with Crippen molar-refractivity contribution in [1.29, 1.82) is 0 Å². The molecule has 3 heterocycles. The number of piperazine rings is 1. The Morgan fingerprint density at radius 1 is 1.19 bits per heavy atom. The van der Waals surface area contributed by atoms with Crippen molar-refractivity contribution in [3.05, 3.63) is 42.3 Å². The van der Waals surface area contributed by atoms with Crippen LogP contribution in [0, 0.1) is 5.82 Å². The highest BCUT2D eigenvalue weighted by Crippen LogP contribution is 2.28. The molecule has 0 aliphatic carbocycles. The summed E-state index contributed by atoms with van der Waals surface area (Å²) >= 11 is 0. The molecule has 134 valence electrons. The predicted molar refractivity (Wildman–Crippen MR) is 95.7 cm³/mol. The molecule has 4 rings (SSSR count). The van der Waals surface area contributed by atoms with Gasteiger partial charge in [0.25, 0.3) is 0 Å². The van der Waals surface area contributed by atoms with Gasteiger partial charge in [-0.25, -0.2) is 19.2 Å². The minimum atomic E-state index is -0.919. The Hall–Kier alpha value is -3.16. The van der Waals surface area contributed by atoms with Crippen LogP contribution in [0.1, 0.15) is 0 Å². The summed E-state index contributed by atoms with van der Waals surface area (Å²) in [6.07, 6.45) is 0.283. The normalized spacial score (nSPS) is 14.8. The zero-order chi connectivity index (χ0) is 18.3. The third-order valence-electron chi connectivity index (χ3n) is 4.74. The largest absolute Gasteiger partial charge is 0.465 e. The van der Waals surface area contributed by atoms with E-state index in [1.165, 1.54) is 11.1 Å². The van der Waals surface area contributed by atoms with Crippen LogP contribution in [0.2, 0.25) is 0 Å². The fraction of sp³-hybridized carbons (Fsp3) is 0.278. The highest BCUT2D eigenvalue weighted by atomic mass is 19.1. The number of hydrogen-bond donors (Lipinski definition) is 1. The molecule has 1 N–H and O–H groups in total. The SMILES string of the molecule is Cn1c(-c2cc(N3CCN(C(=O)O)CC3)ncc2F)nc2ccccc21. The topological polar surface area (TPSA) is 74.5 Å². The van der Waals surface area contributed by atoms with Crippen LogP contribution in [0.5, 0.6) is 0 Å². The van der Waals surface area contributed by atoms with Gasteiger partial charge in [0, 0.05) is 33.2 Å². The van der Waals surface area contributed by atoms with Gasteiger partial charge in [0.2, 0.25) is 0 Å². The van der Waals surface area contributed by atoms with Crippen molar-refractivity contribution in [1.82, 2.24) is 19.4 Å². The molecule has 0 spiro atoms. The van der Waals surface area contributed by atoms with E-state index < -0.39 is 11.9 Å². The van der Waals surface area contributed by atoms with E-state index in [1.54, 1.807) is 6.07 Å². The Labute approximate surface area is 149 Å². The number of imidazole rings is 1. The first-order valence-corrected chi connectivity index (χ1v) is 8.35. The lowest BCUT2D eigenvalue weighted by Gasteiger charge is -2.33. The Bertz CT molecular complexity index is 979. The highest BCUT2D eigenvalue weighted by Gasteiger charge is 2.23. The third kappa shape index (κ3) is 2.73. The molecule has 0 atom stereocenters. The van der Waals surface area contributed by atoms with Crippen molar-refractivity contribution in [2.45, 2.75) is 0 Å². The fourth-order valence-electron chi connectivity index (χ4n) is 3.29. The summed E-state index contributed by atoms with van der Waals surface area (Å²) in [6.45, 7) is 1.84. The monoisotopic (exact) mass is 355 g/mol. The number of carbonyl (C=O) groups is 1. The smallest absolute Gasteiger partial charge is 0.407 e. The van der Waals surface area contributed by atoms with Gasteiger partial charge in [-0.05, 0) is 18.2 Å². The van der Waals surface area contributed by atoms with Crippen molar-refractivity contribution in [2.24, 2.45) is 7.05 Å². The zero-order valence-corrected chi connectivity index (χ0v) is 14.3. The van der Waals surface area contributed by atoms with Gasteiger partial charge in [-0.15, -0.1) is 0 Å². The minimum absolute atomic E-state index is 0.384. The van der Waals surface area contributed by atoms with E-state index in [1.807, 2.05) is 40.8 Å². The first-order chi connectivity index (χ1) is 12.5. The maximum atomic E-state index is 14.5. The van der Waals surface area contributed by atoms with Crippen LogP contribution in [-0.2, 0) is 7.05 Å². The summed E-state index contributed by atoms with van der Waals surface area (Å²) in [4.78, 5) is 23.1. The van der Waals surface area contributed by atoms with Gasteiger partial charge in [-0.3, -0.25) is 0 Å². The summed E-state index contributed by atoms with van der Waals surface area (Å²) in [5.41, 5.74) is 2.11. The summed E-state index contributed by atoms with van der Waals surface area (Å²) < 4.78 is 16.3. The molecule has 1 saturated heterocycles. The summed E-state index contributed by atoms with van der Waals surface area (Å²) in [5, 5.41) is 9.06. The van der Waals surface area contributed by atoms with Gasteiger partial charge in [0.1, 0.15) is 11.6 Å². The zero-order valence-electron chi connectivity index (χ0n) is 14.3. The molecule has 0 unspecified atom stereocenters.